The van der Waals surface area contributed by atoms with Crippen molar-refractivity contribution in [3.8, 4) is 0 Å². The van der Waals surface area contributed by atoms with E-state index in [0.717, 1.165) is 18.5 Å². The van der Waals surface area contributed by atoms with E-state index >= 15 is 0 Å². The van der Waals surface area contributed by atoms with E-state index in [1.165, 1.54) is 44.5 Å². The molecule has 0 bridgehead atoms. The van der Waals surface area contributed by atoms with Crippen molar-refractivity contribution in [3.63, 3.8) is 0 Å². The zero-order chi connectivity index (χ0) is 11.5. The molecule has 2 aliphatic rings. The summed E-state index contributed by atoms with van der Waals surface area (Å²) in [4.78, 5) is 6.78. The molecule has 1 saturated heterocycles. The Balaban J connectivity index is 1.61. The molecule has 1 aliphatic carbocycles. The lowest BCUT2D eigenvalue weighted by atomic mass is 10.1. The standard InChI is InChI=1S/C14H21N3/c1-3-12(9-15-6-1)10-17-8-2-7-16-14(11-17)13-4-5-13/h1,3,6,9,13-14,16H,2,4-5,7-8,10-11H2. The molecule has 0 amide bonds. The Kier molecular flexibility index (Phi) is 3.39. The molecule has 3 nitrogen and oxygen atoms in total. The van der Waals surface area contributed by atoms with Crippen molar-refractivity contribution in [2.45, 2.75) is 31.8 Å². The molecule has 1 aromatic heterocycles. The van der Waals surface area contributed by atoms with E-state index in [4.69, 9.17) is 0 Å². The summed E-state index contributed by atoms with van der Waals surface area (Å²) in [6.07, 6.45) is 7.96. The third-order valence-corrected chi connectivity index (χ3v) is 3.83. The maximum Gasteiger partial charge on any atom is 0.0312 e. The first-order valence-electron chi connectivity index (χ1n) is 6.76. The average molecular weight is 231 g/mol. The van der Waals surface area contributed by atoms with Gasteiger partial charge in [0, 0.05) is 31.5 Å². The predicted octanol–water partition coefficient (Wildman–Crippen LogP) is 1.66. The third kappa shape index (κ3) is 3.05. The van der Waals surface area contributed by atoms with Gasteiger partial charge in [-0.05, 0) is 49.9 Å². The second kappa shape index (κ2) is 5.15. The lowest BCUT2D eigenvalue weighted by Crippen LogP contribution is -2.38. The normalized spacial score (nSPS) is 26.7. The van der Waals surface area contributed by atoms with Crippen molar-refractivity contribution in [1.82, 2.24) is 15.2 Å². The molecular weight excluding hydrogens is 210 g/mol. The molecule has 1 N–H and O–H groups in total. The van der Waals surface area contributed by atoms with E-state index in [2.05, 4.69) is 21.3 Å². The molecule has 0 aromatic carbocycles. The van der Waals surface area contributed by atoms with Gasteiger partial charge in [0.05, 0.1) is 0 Å². The fourth-order valence-electron chi connectivity index (χ4n) is 2.73. The maximum absolute atomic E-state index is 4.20. The van der Waals surface area contributed by atoms with Crippen molar-refractivity contribution in [1.29, 1.82) is 0 Å². The lowest BCUT2D eigenvalue weighted by molar-refractivity contribution is 0.250. The van der Waals surface area contributed by atoms with Crippen LogP contribution in [0.25, 0.3) is 0 Å². The Hall–Kier alpha value is -0.930. The van der Waals surface area contributed by atoms with Crippen LogP contribution in [0.1, 0.15) is 24.8 Å². The summed E-state index contributed by atoms with van der Waals surface area (Å²) in [5.74, 6) is 0.949. The molecule has 0 radical (unpaired) electrons. The van der Waals surface area contributed by atoms with Gasteiger partial charge in [0.2, 0.25) is 0 Å². The van der Waals surface area contributed by atoms with E-state index in [0.29, 0.717) is 0 Å². The number of nitrogens with zero attached hydrogens (tertiary/aromatic N) is 2. The van der Waals surface area contributed by atoms with Crippen molar-refractivity contribution >= 4 is 0 Å². The molecule has 3 heteroatoms. The molecule has 0 spiro atoms. The predicted molar refractivity (Wildman–Crippen MR) is 68.6 cm³/mol. The van der Waals surface area contributed by atoms with Crippen LogP contribution in [0.5, 0.6) is 0 Å². The molecular formula is C14H21N3. The molecule has 1 aliphatic heterocycles. The van der Waals surface area contributed by atoms with Crippen LogP contribution < -0.4 is 5.32 Å². The largest absolute Gasteiger partial charge is 0.312 e. The van der Waals surface area contributed by atoms with E-state index < -0.39 is 0 Å². The fourth-order valence-corrected chi connectivity index (χ4v) is 2.73. The first-order valence-corrected chi connectivity index (χ1v) is 6.76. The van der Waals surface area contributed by atoms with Crippen LogP contribution >= 0.6 is 0 Å². The van der Waals surface area contributed by atoms with Crippen LogP contribution in [-0.2, 0) is 6.54 Å². The Morgan fingerprint density at radius 2 is 2.35 bits per heavy atom. The van der Waals surface area contributed by atoms with E-state index in [1.54, 1.807) is 0 Å². The Morgan fingerprint density at radius 3 is 3.12 bits per heavy atom. The number of pyridine rings is 1. The average Bonchev–Trinajstić information content (AvgIpc) is 3.16. The monoisotopic (exact) mass is 231 g/mol. The summed E-state index contributed by atoms with van der Waals surface area (Å²) in [6, 6.07) is 4.94. The number of hydrogen-bond donors (Lipinski definition) is 1. The molecule has 1 unspecified atom stereocenters. The molecule has 2 heterocycles. The SMILES string of the molecule is c1cncc(CN2CCCNC(C3CC3)C2)c1. The van der Waals surface area contributed by atoms with Gasteiger partial charge in [-0.3, -0.25) is 9.88 Å². The summed E-state index contributed by atoms with van der Waals surface area (Å²) >= 11 is 0. The van der Waals surface area contributed by atoms with Gasteiger partial charge in [0.25, 0.3) is 0 Å². The number of rotatable bonds is 3. The summed E-state index contributed by atoms with van der Waals surface area (Å²) in [5, 5.41) is 3.70. The number of nitrogens with one attached hydrogen (secondary N) is 1. The zero-order valence-corrected chi connectivity index (χ0v) is 10.3. The second-order valence-electron chi connectivity index (χ2n) is 5.35. The van der Waals surface area contributed by atoms with Gasteiger partial charge in [0.1, 0.15) is 0 Å². The zero-order valence-electron chi connectivity index (χ0n) is 10.3. The van der Waals surface area contributed by atoms with Gasteiger partial charge in [-0.1, -0.05) is 6.07 Å². The Bertz CT molecular complexity index is 348. The lowest BCUT2D eigenvalue weighted by Gasteiger charge is -2.24. The molecule has 2 fully saturated rings. The fraction of sp³-hybridized carbons (Fsp3) is 0.643. The van der Waals surface area contributed by atoms with Crippen LogP contribution in [0.3, 0.4) is 0 Å². The van der Waals surface area contributed by atoms with Crippen molar-refractivity contribution < 1.29 is 0 Å². The minimum absolute atomic E-state index is 0.731. The molecule has 17 heavy (non-hydrogen) atoms. The highest BCUT2D eigenvalue weighted by molar-refractivity contribution is 5.08. The van der Waals surface area contributed by atoms with Crippen LogP contribution in [0.15, 0.2) is 24.5 Å². The van der Waals surface area contributed by atoms with Gasteiger partial charge < -0.3 is 5.32 Å². The topological polar surface area (TPSA) is 28.2 Å². The van der Waals surface area contributed by atoms with Crippen molar-refractivity contribution in [2.75, 3.05) is 19.6 Å². The van der Waals surface area contributed by atoms with Gasteiger partial charge in [-0.25, -0.2) is 0 Å². The summed E-state index contributed by atoms with van der Waals surface area (Å²) < 4.78 is 0. The highest BCUT2D eigenvalue weighted by Crippen LogP contribution is 2.33. The second-order valence-corrected chi connectivity index (χ2v) is 5.35. The smallest absolute Gasteiger partial charge is 0.0312 e. The Morgan fingerprint density at radius 1 is 1.41 bits per heavy atom. The van der Waals surface area contributed by atoms with E-state index in [9.17, 15) is 0 Å². The summed E-state index contributed by atoms with van der Waals surface area (Å²) in [6.45, 7) is 4.66. The van der Waals surface area contributed by atoms with Gasteiger partial charge >= 0.3 is 0 Å². The number of hydrogen-bond acceptors (Lipinski definition) is 3. The van der Waals surface area contributed by atoms with E-state index in [1.807, 2.05) is 18.5 Å². The minimum atomic E-state index is 0.731. The number of aromatic nitrogens is 1. The molecule has 1 saturated carbocycles. The maximum atomic E-state index is 4.20. The Labute approximate surface area is 103 Å². The first kappa shape index (κ1) is 11.2. The molecule has 1 aromatic rings. The molecule has 3 rings (SSSR count). The van der Waals surface area contributed by atoms with Crippen molar-refractivity contribution in [2.24, 2.45) is 5.92 Å². The van der Waals surface area contributed by atoms with Crippen LogP contribution in [0, 0.1) is 5.92 Å². The first-order chi connectivity index (χ1) is 8.42. The highest BCUT2D eigenvalue weighted by atomic mass is 15.2. The minimum Gasteiger partial charge on any atom is -0.312 e. The van der Waals surface area contributed by atoms with Gasteiger partial charge in [-0.15, -0.1) is 0 Å². The van der Waals surface area contributed by atoms with Crippen LogP contribution in [0.2, 0.25) is 0 Å². The van der Waals surface area contributed by atoms with Crippen LogP contribution in [0.4, 0.5) is 0 Å². The summed E-state index contributed by atoms with van der Waals surface area (Å²) in [7, 11) is 0. The third-order valence-electron chi connectivity index (χ3n) is 3.83. The highest BCUT2D eigenvalue weighted by Gasteiger charge is 2.32. The van der Waals surface area contributed by atoms with Crippen molar-refractivity contribution in [3.05, 3.63) is 30.1 Å². The van der Waals surface area contributed by atoms with E-state index in [-0.39, 0.29) is 0 Å². The molecule has 92 valence electrons. The quantitative estimate of drug-likeness (QED) is 0.857. The van der Waals surface area contributed by atoms with Gasteiger partial charge in [-0.2, -0.15) is 0 Å². The van der Waals surface area contributed by atoms with Gasteiger partial charge in [0.15, 0.2) is 0 Å². The van der Waals surface area contributed by atoms with Crippen LogP contribution in [-0.4, -0.2) is 35.6 Å². The summed E-state index contributed by atoms with van der Waals surface area (Å²) in [5.41, 5.74) is 1.34. The molecule has 1 atom stereocenters.